The lowest BCUT2D eigenvalue weighted by Gasteiger charge is -2.18. The lowest BCUT2D eigenvalue weighted by molar-refractivity contribution is -0.166. The molecule has 0 aromatic carbocycles. The Morgan fingerprint density at radius 2 is 0.532 bits per heavy atom. The highest BCUT2D eigenvalue weighted by atomic mass is 16.6. The molecule has 0 rings (SSSR count). The molecule has 77 heavy (non-hydrogen) atoms. The lowest BCUT2D eigenvalue weighted by atomic mass is 10.0. The van der Waals surface area contributed by atoms with Crippen molar-refractivity contribution < 1.29 is 28.6 Å². The van der Waals surface area contributed by atoms with Crippen LogP contribution in [0.15, 0.2) is 60.8 Å². The van der Waals surface area contributed by atoms with Crippen molar-refractivity contribution in [2.75, 3.05) is 13.2 Å². The maximum absolute atomic E-state index is 12.9. The molecule has 0 fully saturated rings. The summed E-state index contributed by atoms with van der Waals surface area (Å²) >= 11 is 0. The van der Waals surface area contributed by atoms with Gasteiger partial charge in [-0.3, -0.25) is 14.4 Å². The third-order valence-corrected chi connectivity index (χ3v) is 15.0. The van der Waals surface area contributed by atoms with Crippen LogP contribution in [0.2, 0.25) is 0 Å². The molecule has 0 aliphatic rings. The van der Waals surface area contributed by atoms with E-state index in [1.54, 1.807) is 0 Å². The van der Waals surface area contributed by atoms with E-state index in [9.17, 15) is 14.4 Å². The summed E-state index contributed by atoms with van der Waals surface area (Å²) in [5.41, 5.74) is 0. The summed E-state index contributed by atoms with van der Waals surface area (Å²) < 4.78 is 16.8. The van der Waals surface area contributed by atoms with E-state index in [0.29, 0.717) is 19.3 Å². The minimum absolute atomic E-state index is 0.0964. The van der Waals surface area contributed by atoms with E-state index in [1.807, 2.05) is 6.08 Å². The molecule has 0 bridgehead atoms. The Labute approximate surface area is 479 Å². The van der Waals surface area contributed by atoms with E-state index in [-0.39, 0.29) is 37.5 Å². The second kappa shape index (κ2) is 65.6. The molecule has 0 aromatic heterocycles. The third-order valence-electron chi connectivity index (χ3n) is 15.0. The first kappa shape index (κ1) is 74.1. The van der Waals surface area contributed by atoms with E-state index >= 15 is 0 Å². The van der Waals surface area contributed by atoms with E-state index < -0.39 is 6.10 Å². The summed E-state index contributed by atoms with van der Waals surface area (Å²) in [5.74, 6) is -0.973. The van der Waals surface area contributed by atoms with Gasteiger partial charge in [0.1, 0.15) is 13.2 Å². The summed E-state index contributed by atoms with van der Waals surface area (Å²) in [4.78, 5) is 38.2. The Morgan fingerprint density at radius 3 is 0.870 bits per heavy atom. The number of rotatable bonds is 62. The van der Waals surface area contributed by atoms with Crippen LogP contribution in [0, 0.1) is 0 Å². The van der Waals surface area contributed by atoms with E-state index in [2.05, 4.69) is 75.5 Å². The van der Waals surface area contributed by atoms with Gasteiger partial charge in [0, 0.05) is 19.3 Å². The van der Waals surface area contributed by atoms with Crippen molar-refractivity contribution in [1.29, 1.82) is 0 Å². The molecule has 1 atom stereocenters. The summed E-state index contributed by atoms with van der Waals surface area (Å²) in [5, 5.41) is 0. The number of allylic oxidation sites excluding steroid dienone is 10. The molecule has 0 aliphatic carbocycles. The summed E-state index contributed by atoms with van der Waals surface area (Å²) in [7, 11) is 0. The van der Waals surface area contributed by atoms with Crippen molar-refractivity contribution >= 4 is 17.9 Å². The van der Waals surface area contributed by atoms with Crippen molar-refractivity contribution in [3.8, 4) is 0 Å². The smallest absolute Gasteiger partial charge is 0.306 e. The fourth-order valence-corrected chi connectivity index (χ4v) is 9.99. The molecule has 0 saturated heterocycles. The van der Waals surface area contributed by atoms with Gasteiger partial charge >= 0.3 is 17.9 Å². The number of hydrogen-bond acceptors (Lipinski definition) is 6. The van der Waals surface area contributed by atoms with Gasteiger partial charge in [-0.05, 0) is 70.6 Å². The van der Waals surface area contributed by atoms with Gasteiger partial charge in [0.15, 0.2) is 6.10 Å². The van der Waals surface area contributed by atoms with Crippen LogP contribution in [0.25, 0.3) is 0 Å². The largest absolute Gasteiger partial charge is 0.462 e. The van der Waals surface area contributed by atoms with Gasteiger partial charge in [0.25, 0.3) is 0 Å². The molecule has 1 unspecified atom stereocenters. The van der Waals surface area contributed by atoms with Crippen LogP contribution in [0.3, 0.4) is 0 Å². The van der Waals surface area contributed by atoms with Crippen LogP contribution in [0.1, 0.15) is 355 Å². The minimum Gasteiger partial charge on any atom is -0.462 e. The van der Waals surface area contributed by atoms with Gasteiger partial charge in [-0.1, -0.05) is 326 Å². The molecule has 0 spiro atoms. The van der Waals surface area contributed by atoms with Crippen LogP contribution in [-0.4, -0.2) is 37.2 Å². The third kappa shape index (κ3) is 63.8. The predicted octanol–water partition coefficient (Wildman–Crippen LogP) is 23.1. The summed E-state index contributed by atoms with van der Waals surface area (Å²) in [6, 6.07) is 0. The molecule has 0 N–H and O–H groups in total. The van der Waals surface area contributed by atoms with Gasteiger partial charge in [0.05, 0.1) is 0 Å². The monoisotopic (exact) mass is 1080 g/mol. The first-order valence-electron chi connectivity index (χ1n) is 33.8. The van der Waals surface area contributed by atoms with Crippen LogP contribution in [0.4, 0.5) is 0 Å². The molecule has 0 amide bonds. The number of esters is 3. The van der Waals surface area contributed by atoms with E-state index in [1.165, 1.54) is 231 Å². The van der Waals surface area contributed by atoms with Crippen molar-refractivity contribution in [1.82, 2.24) is 0 Å². The number of carbonyl (C=O) groups excluding carboxylic acids is 3. The molecule has 6 nitrogen and oxygen atoms in total. The lowest BCUT2D eigenvalue weighted by Crippen LogP contribution is -2.30. The zero-order valence-corrected chi connectivity index (χ0v) is 51.5. The molecule has 0 radical (unpaired) electrons. The molecule has 448 valence electrons. The fourth-order valence-electron chi connectivity index (χ4n) is 9.99. The van der Waals surface area contributed by atoms with Gasteiger partial charge < -0.3 is 14.2 Å². The Morgan fingerprint density at radius 1 is 0.273 bits per heavy atom. The van der Waals surface area contributed by atoms with Gasteiger partial charge in [-0.15, -0.1) is 0 Å². The topological polar surface area (TPSA) is 78.9 Å². The first-order chi connectivity index (χ1) is 38.0. The maximum atomic E-state index is 12.9. The van der Waals surface area contributed by atoms with Crippen molar-refractivity contribution in [3.05, 3.63) is 60.8 Å². The molecule has 6 heteroatoms. The molecule has 0 saturated carbocycles. The minimum atomic E-state index is -0.806. The quantitative estimate of drug-likeness (QED) is 0.0261. The average molecular weight is 1080 g/mol. The van der Waals surface area contributed by atoms with Crippen molar-refractivity contribution in [3.63, 3.8) is 0 Å². The number of ether oxygens (including phenoxy) is 3. The standard InChI is InChI=1S/C71H128O6/c1-4-7-10-13-16-19-22-25-27-29-30-31-32-33-34-35-36-37-38-39-40-41-42-44-46-49-52-55-58-61-64-70(73)76-67-68(66-75-69(72)63-60-57-54-51-48-45-24-21-18-15-12-9-6-3)77-71(74)65-62-59-56-53-50-47-43-28-26-23-20-17-14-11-8-5-2/h9,12,18,21,28,43,45,48,54,57,68H,4-8,10-11,13-17,19-20,22-27,29-42,44,46-47,49-53,55-56,58-67H2,1-3H3/b12-9-,21-18-,43-28-,48-45-,57-54-. The highest BCUT2D eigenvalue weighted by Crippen LogP contribution is 2.18. The Bertz CT molecular complexity index is 1380. The van der Waals surface area contributed by atoms with Crippen molar-refractivity contribution in [2.45, 2.75) is 361 Å². The van der Waals surface area contributed by atoms with E-state index in [4.69, 9.17) is 14.2 Å². The number of unbranched alkanes of at least 4 members (excludes halogenated alkanes) is 41. The molecule has 0 aliphatic heterocycles. The first-order valence-corrected chi connectivity index (χ1v) is 33.8. The summed E-state index contributed by atoms with van der Waals surface area (Å²) in [6.45, 7) is 6.50. The van der Waals surface area contributed by atoms with Crippen LogP contribution in [0.5, 0.6) is 0 Å². The van der Waals surface area contributed by atoms with Crippen molar-refractivity contribution in [2.24, 2.45) is 0 Å². The van der Waals surface area contributed by atoms with Gasteiger partial charge in [0.2, 0.25) is 0 Å². The summed E-state index contributed by atoms with van der Waals surface area (Å²) in [6.07, 6.45) is 84.2. The maximum Gasteiger partial charge on any atom is 0.306 e. The Balaban J connectivity index is 4.18. The van der Waals surface area contributed by atoms with Gasteiger partial charge in [-0.25, -0.2) is 0 Å². The molecular formula is C71H128O6. The molecule has 0 heterocycles. The van der Waals surface area contributed by atoms with E-state index in [0.717, 1.165) is 77.0 Å². The number of hydrogen-bond donors (Lipinski definition) is 0. The SMILES string of the molecule is CC/C=C\C/C=C\C/C=C\C/C=C\CCC(=O)OCC(COC(=O)CCCCCCCCCCCCCCCCCCCCCCCCCCCCCCCC)OC(=O)CCCCCCC/C=C\CCCCCCCCC. The highest BCUT2D eigenvalue weighted by molar-refractivity contribution is 5.71. The molecular weight excluding hydrogens is 949 g/mol. The zero-order chi connectivity index (χ0) is 55.7. The second-order valence-corrected chi connectivity index (χ2v) is 22.7. The highest BCUT2D eigenvalue weighted by Gasteiger charge is 2.19. The molecule has 0 aromatic rings. The predicted molar refractivity (Wildman–Crippen MR) is 335 cm³/mol. The van der Waals surface area contributed by atoms with Crippen LogP contribution < -0.4 is 0 Å². The Kier molecular flexibility index (Phi) is 63.2. The zero-order valence-electron chi connectivity index (χ0n) is 51.5. The van der Waals surface area contributed by atoms with Crippen LogP contribution in [-0.2, 0) is 28.6 Å². The average Bonchev–Trinajstić information content (AvgIpc) is 3.43. The fraction of sp³-hybridized carbons (Fsp3) is 0.817. The normalized spacial score (nSPS) is 12.4. The number of carbonyl (C=O) groups is 3. The van der Waals surface area contributed by atoms with Crippen LogP contribution >= 0.6 is 0 Å². The second-order valence-electron chi connectivity index (χ2n) is 22.7. The Hall–Kier alpha value is -2.89. The van der Waals surface area contributed by atoms with Gasteiger partial charge in [-0.2, -0.15) is 0 Å².